The molecule has 0 spiro atoms. The smallest absolute Gasteiger partial charge is 0.249 e. The second-order valence-corrected chi connectivity index (χ2v) is 4.00. The van der Waals surface area contributed by atoms with Crippen molar-refractivity contribution in [3.8, 4) is 6.07 Å². The summed E-state index contributed by atoms with van der Waals surface area (Å²) >= 11 is 0. The van der Waals surface area contributed by atoms with Gasteiger partial charge in [0.05, 0.1) is 23.0 Å². The Balaban J connectivity index is 2.38. The molecular weight excluding hydrogens is 226 g/mol. The normalized spacial score (nSPS) is 9.89. The minimum atomic E-state index is 0.521. The van der Waals surface area contributed by atoms with E-state index in [-0.39, 0.29) is 0 Å². The largest absolute Gasteiger partial charge is 0.312 e. The van der Waals surface area contributed by atoms with E-state index in [1.165, 1.54) is 0 Å². The van der Waals surface area contributed by atoms with Crippen LogP contribution in [-0.2, 0) is 0 Å². The summed E-state index contributed by atoms with van der Waals surface area (Å²) < 4.78 is 0. The summed E-state index contributed by atoms with van der Waals surface area (Å²) in [5.41, 5.74) is 3.14. The van der Waals surface area contributed by atoms with E-state index in [2.05, 4.69) is 21.3 Å². The first-order valence-corrected chi connectivity index (χ1v) is 5.53. The molecule has 2 rings (SSSR count). The molecule has 2 aromatic rings. The molecule has 0 N–H and O–H groups in total. The summed E-state index contributed by atoms with van der Waals surface area (Å²) in [4.78, 5) is 6.18. The summed E-state index contributed by atoms with van der Waals surface area (Å²) in [6.45, 7) is 3.77. The molecule has 0 aliphatic carbocycles. The van der Waals surface area contributed by atoms with Crippen LogP contribution in [0.4, 0.5) is 11.6 Å². The summed E-state index contributed by atoms with van der Waals surface area (Å²) in [5, 5.41) is 17.0. The monoisotopic (exact) mass is 239 g/mol. The molecule has 1 heterocycles. The Morgan fingerprint density at radius 2 is 1.94 bits per heavy atom. The van der Waals surface area contributed by atoms with Crippen molar-refractivity contribution in [3.05, 3.63) is 41.2 Å². The number of aryl methyl sites for hydroxylation is 2. The molecule has 0 aliphatic rings. The van der Waals surface area contributed by atoms with Crippen LogP contribution in [0.15, 0.2) is 24.3 Å². The lowest BCUT2D eigenvalue weighted by molar-refractivity contribution is 0.871. The fourth-order valence-electron chi connectivity index (χ4n) is 1.49. The number of benzene rings is 1. The molecule has 90 valence electrons. The van der Waals surface area contributed by atoms with Crippen LogP contribution in [0.3, 0.4) is 0 Å². The summed E-state index contributed by atoms with van der Waals surface area (Å²) in [5.74, 6) is 0.521. The summed E-state index contributed by atoms with van der Waals surface area (Å²) in [6, 6.07) is 9.40. The lowest BCUT2D eigenvalue weighted by Crippen LogP contribution is -2.15. The van der Waals surface area contributed by atoms with Crippen molar-refractivity contribution in [1.82, 2.24) is 15.2 Å². The number of rotatable bonds is 2. The number of hydrogen-bond donors (Lipinski definition) is 0. The van der Waals surface area contributed by atoms with Gasteiger partial charge in [0.25, 0.3) is 0 Å². The van der Waals surface area contributed by atoms with Crippen molar-refractivity contribution < 1.29 is 0 Å². The molecule has 0 bridgehead atoms. The number of nitriles is 1. The molecule has 0 fully saturated rings. The van der Waals surface area contributed by atoms with Gasteiger partial charge in [0.1, 0.15) is 0 Å². The maximum absolute atomic E-state index is 8.88. The Bertz CT molecular complexity index is 615. The standard InChI is InChI=1S/C13H13N5/c1-9-10(2)16-17-13(15-9)18(3)12-6-4-5-11(7-12)8-14/h4-7H,1-3H3. The third kappa shape index (κ3) is 2.28. The molecule has 0 radical (unpaired) electrons. The zero-order chi connectivity index (χ0) is 13.1. The van der Waals surface area contributed by atoms with Crippen LogP contribution in [0.5, 0.6) is 0 Å². The van der Waals surface area contributed by atoms with Gasteiger partial charge in [-0.05, 0) is 32.0 Å². The van der Waals surface area contributed by atoms with E-state index < -0.39 is 0 Å². The van der Waals surface area contributed by atoms with Crippen LogP contribution in [0.25, 0.3) is 0 Å². The zero-order valence-electron chi connectivity index (χ0n) is 10.5. The van der Waals surface area contributed by atoms with Gasteiger partial charge in [0.15, 0.2) is 0 Å². The van der Waals surface area contributed by atoms with E-state index in [0.717, 1.165) is 17.1 Å². The van der Waals surface area contributed by atoms with Gasteiger partial charge in [0.2, 0.25) is 5.95 Å². The Hall–Kier alpha value is -2.48. The zero-order valence-corrected chi connectivity index (χ0v) is 10.5. The van der Waals surface area contributed by atoms with E-state index >= 15 is 0 Å². The molecule has 0 saturated heterocycles. The maximum atomic E-state index is 8.88. The molecule has 0 saturated carbocycles. The molecule has 5 heteroatoms. The molecule has 1 aromatic carbocycles. The SMILES string of the molecule is Cc1nnc(N(C)c2cccc(C#N)c2)nc1C. The van der Waals surface area contributed by atoms with Gasteiger partial charge < -0.3 is 4.90 Å². The highest BCUT2D eigenvalue weighted by molar-refractivity contribution is 5.58. The van der Waals surface area contributed by atoms with E-state index in [9.17, 15) is 0 Å². The van der Waals surface area contributed by atoms with E-state index in [4.69, 9.17) is 5.26 Å². The highest BCUT2D eigenvalue weighted by atomic mass is 15.3. The topological polar surface area (TPSA) is 65.7 Å². The predicted molar refractivity (Wildman–Crippen MR) is 68.5 cm³/mol. The number of anilines is 2. The predicted octanol–water partition coefficient (Wildman–Crippen LogP) is 2.13. The second kappa shape index (κ2) is 4.80. The molecule has 1 aromatic heterocycles. The van der Waals surface area contributed by atoms with Crippen molar-refractivity contribution in [2.45, 2.75) is 13.8 Å². The van der Waals surface area contributed by atoms with Crippen molar-refractivity contribution >= 4 is 11.6 Å². The van der Waals surface area contributed by atoms with Gasteiger partial charge in [-0.1, -0.05) is 6.07 Å². The number of hydrogen-bond acceptors (Lipinski definition) is 5. The molecule has 0 amide bonds. The lowest BCUT2D eigenvalue weighted by atomic mass is 10.2. The van der Waals surface area contributed by atoms with Crippen LogP contribution in [0.2, 0.25) is 0 Å². The van der Waals surface area contributed by atoms with Crippen molar-refractivity contribution in [3.63, 3.8) is 0 Å². The molecule has 18 heavy (non-hydrogen) atoms. The van der Waals surface area contributed by atoms with Gasteiger partial charge in [-0.3, -0.25) is 0 Å². The van der Waals surface area contributed by atoms with Crippen molar-refractivity contribution in [1.29, 1.82) is 5.26 Å². The Labute approximate surface area is 106 Å². The maximum Gasteiger partial charge on any atom is 0.249 e. The first-order valence-electron chi connectivity index (χ1n) is 5.53. The summed E-state index contributed by atoms with van der Waals surface area (Å²) in [6.07, 6.45) is 0. The van der Waals surface area contributed by atoms with E-state index in [1.807, 2.05) is 33.0 Å². The third-order valence-corrected chi connectivity index (χ3v) is 2.74. The number of nitrogens with zero attached hydrogens (tertiary/aromatic N) is 5. The van der Waals surface area contributed by atoms with E-state index in [1.54, 1.807) is 17.0 Å². The molecule has 0 aliphatic heterocycles. The average Bonchev–Trinajstić information content (AvgIpc) is 2.41. The fourth-order valence-corrected chi connectivity index (χ4v) is 1.49. The Morgan fingerprint density at radius 1 is 1.17 bits per heavy atom. The van der Waals surface area contributed by atoms with E-state index in [0.29, 0.717) is 11.5 Å². The van der Waals surface area contributed by atoms with Crippen LogP contribution in [-0.4, -0.2) is 22.2 Å². The van der Waals surface area contributed by atoms with Crippen LogP contribution in [0, 0.1) is 25.2 Å². The van der Waals surface area contributed by atoms with Crippen molar-refractivity contribution in [2.24, 2.45) is 0 Å². The fraction of sp³-hybridized carbons (Fsp3) is 0.231. The summed E-state index contributed by atoms with van der Waals surface area (Å²) in [7, 11) is 1.85. The van der Waals surface area contributed by atoms with Crippen LogP contribution < -0.4 is 4.90 Å². The molecular formula is C13H13N5. The first kappa shape index (κ1) is 12.0. The third-order valence-electron chi connectivity index (χ3n) is 2.74. The van der Waals surface area contributed by atoms with Gasteiger partial charge in [-0.2, -0.15) is 10.4 Å². The van der Waals surface area contributed by atoms with Gasteiger partial charge in [-0.15, -0.1) is 5.10 Å². The highest BCUT2D eigenvalue weighted by Crippen LogP contribution is 2.20. The first-order chi connectivity index (χ1) is 8.61. The Kier molecular flexibility index (Phi) is 3.20. The van der Waals surface area contributed by atoms with Crippen molar-refractivity contribution in [2.75, 3.05) is 11.9 Å². The molecule has 5 nitrogen and oxygen atoms in total. The number of aromatic nitrogens is 3. The van der Waals surface area contributed by atoms with Gasteiger partial charge in [0, 0.05) is 12.7 Å². The second-order valence-electron chi connectivity index (χ2n) is 4.00. The van der Waals surface area contributed by atoms with Crippen LogP contribution >= 0.6 is 0 Å². The van der Waals surface area contributed by atoms with Gasteiger partial charge >= 0.3 is 0 Å². The molecule has 0 atom stereocenters. The molecule has 0 unspecified atom stereocenters. The van der Waals surface area contributed by atoms with Gasteiger partial charge in [-0.25, -0.2) is 4.98 Å². The minimum Gasteiger partial charge on any atom is -0.312 e. The quantitative estimate of drug-likeness (QED) is 0.803. The lowest BCUT2D eigenvalue weighted by Gasteiger charge is -2.17. The average molecular weight is 239 g/mol. The van der Waals surface area contributed by atoms with Crippen LogP contribution in [0.1, 0.15) is 17.0 Å². The highest BCUT2D eigenvalue weighted by Gasteiger charge is 2.09. The Morgan fingerprint density at radius 3 is 2.61 bits per heavy atom. The minimum absolute atomic E-state index is 0.521.